The Morgan fingerprint density at radius 2 is 1.84 bits per heavy atom. The second-order valence-electron chi connectivity index (χ2n) is 6.49. The van der Waals surface area contributed by atoms with Gasteiger partial charge in [-0.15, -0.1) is 0 Å². The summed E-state index contributed by atoms with van der Waals surface area (Å²) < 4.78 is 19.6. The number of anilines is 1. The van der Waals surface area contributed by atoms with Crippen molar-refractivity contribution in [1.82, 2.24) is 10.2 Å². The largest absolute Gasteiger partial charge is 0.378 e. The van der Waals surface area contributed by atoms with Gasteiger partial charge < -0.3 is 19.9 Å². The maximum absolute atomic E-state index is 14.3. The predicted octanol–water partition coefficient (Wildman–Crippen LogP) is 1.40. The summed E-state index contributed by atoms with van der Waals surface area (Å²) in [4.78, 5) is 28.3. The van der Waals surface area contributed by atoms with Crippen LogP contribution in [0.15, 0.2) is 18.2 Å². The van der Waals surface area contributed by atoms with E-state index in [-0.39, 0.29) is 11.5 Å². The van der Waals surface area contributed by atoms with Crippen LogP contribution in [0.4, 0.5) is 10.1 Å². The average molecular weight is 349 g/mol. The van der Waals surface area contributed by atoms with Crippen molar-refractivity contribution in [3.63, 3.8) is 0 Å². The van der Waals surface area contributed by atoms with Gasteiger partial charge in [-0.05, 0) is 38.0 Å². The summed E-state index contributed by atoms with van der Waals surface area (Å²) in [5.41, 5.74) is 0.758. The lowest BCUT2D eigenvalue weighted by Crippen LogP contribution is -2.50. The van der Waals surface area contributed by atoms with Gasteiger partial charge in [0.25, 0.3) is 5.91 Å². The van der Waals surface area contributed by atoms with Crippen molar-refractivity contribution < 1.29 is 18.7 Å². The number of morpholine rings is 1. The highest BCUT2D eigenvalue weighted by atomic mass is 19.1. The summed E-state index contributed by atoms with van der Waals surface area (Å²) in [7, 11) is 0. The van der Waals surface area contributed by atoms with Crippen LogP contribution in [0.3, 0.4) is 0 Å². The molecule has 0 aromatic heterocycles. The van der Waals surface area contributed by atoms with Gasteiger partial charge in [0.05, 0.1) is 18.9 Å². The maximum Gasteiger partial charge on any atom is 0.252 e. The fourth-order valence-corrected chi connectivity index (χ4v) is 3.26. The van der Waals surface area contributed by atoms with Gasteiger partial charge in [-0.25, -0.2) is 4.39 Å². The second kappa shape index (κ2) is 7.82. The Kier molecular flexibility index (Phi) is 5.53. The van der Waals surface area contributed by atoms with Crippen molar-refractivity contribution in [2.45, 2.75) is 25.8 Å². The van der Waals surface area contributed by atoms with E-state index in [1.54, 1.807) is 24.0 Å². The first-order chi connectivity index (χ1) is 12.1. The van der Waals surface area contributed by atoms with Crippen LogP contribution in [0.1, 0.15) is 30.1 Å². The van der Waals surface area contributed by atoms with Gasteiger partial charge in [-0.1, -0.05) is 0 Å². The minimum atomic E-state index is -0.660. The van der Waals surface area contributed by atoms with Crippen molar-refractivity contribution in [2.75, 3.05) is 44.3 Å². The molecule has 0 aliphatic carbocycles. The molecular weight excluding hydrogens is 325 g/mol. The van der Waals surface area contributed by atoms with Crippen LogP contribution in [0.5, 0.6) is 0 Å². The van der Waals surface area contributed by atoms with Crippen molar-refractivity contribution in [3.8, 4) is 0 Å². The topological polar surface area (TPSA) is 61.9 Å². The molecule has 0 spiro atoms. The Morgan fingerprint density at radius 3 is 2.48 bits per heavy atom. The van der Waals surface area contributed by atoms with E-state index in [2.05, 4.69) is 5.32 Å². The predicted molar refractivity (Wildman–Crippen MR) is 92.2 cm³/mol. The number of amides is 2. The van der Waals surface area contributed by atoms with Crippen LogP contribution in [0, 0.1) is 5.82 Å². The van der Waals surface area contributed by atoms with Gasteiger partial charge in [0, 0.05) is 31.7 Å². The third kappa shape index (κ3) is 4.10. The zero-order valence-electron chi connectivity index (χ0n) is 14.5. The Morgan fingerprint density at radius 1 is 1.16 bits per heavy atom. The van der Waals surface area contributed by atoms with E-state index in [9.17, 15) is 14.0 Å². The summed E-state index contributed by atoms with van der Waals surface area (Å²) in [5.74, 6) is -0.992. The van der Waals surface area contributed by atoms with E-state index >= 15 is 0 Å². The Labute approximate surface area is 146 Å². The number of nitrogens with one attached hydrogen (secondary N) is 1. The summed E-state index contributed by atoms with van der Waals surface area (Å²) in [6.07, 6.45) is 2.12. The Bertz CT molecular complexity index is 640. The van der Waals surface area contributed by atoms with Crippen molar-refractivity contribution >= 4 is 17.5 Å². The number of carbonyl (C=O) groups excluding carboxylic acids is 2. The number of rotatable bonds is 4. The quantitative estimate of drug-likeness (QED) is 0.893. The van der Waals surface area contributed by atoms with E-state index in [4.69, 9.17) is 4.74 Å². The van der Waals surface area contributed by atoms with Crippen LogP contribution in [0.25, 0.3) is 0 Å². The normalized spacial score (nSPS) is 19.0. The zero-order chi connectivity index (χ0) is 17.8. The summed E-state index contributed by atoms with van der Waals surface area (Å²) in [6, 6.07) is 3.84. The number of carbonyl (C=O) groups is 2. The molecule has 2 amide bonds. The van der Waals surface area contributed by atoms with Gasteiger partial charge in [-0.3, -0.25) is 9.59 Å². The molecule has 136 valence electrons. The number of benzene rings is 1. The standard InChI is InChI=1S/C18H24FN3O3/c1-13(18(24)22-8-10-25-11-9-22)20-17(23)14-4-5-16(15(19)12-14)21-6-2-3-7-21/h4-5,12-13H,2-3,6-11H2,1H3,(H,20,23)/t13-/m0/s1. The van der Waals surface area contributed by atoms with Crippen molar-refractivity contribution in [3.05, 3.63) is 29.6 Å². The van der Waals surface area contributed by atoms with E-state index < -0.39 is 17.8 Å². The molecule has 2 heterocycles. The third-order valence-electron chi connectivity index (χ3n) is 4.70. The lowest BCUT2D eigenvalue weighted by Gasteiger charge is -2.29. The SMILES string of the molecule is C[C@H](NC(=O)c1ccc(N2CCCC2)c(F)c1)C(=O)N1CCOCC1. The second-order valence-corrected chi connectivity index (χ2v) is 6.49. The van der Waals surface area contributed by atoms with E-state index in [1.165, 1.54) is 6.07 Å². The van der Waals surface area contributed by atoms with Crippen molar-refractivity contribution in [2.24, 2.45) is 0 Å². The highest BCUT2D eigenvalue weighted by Gasteiger charge is 2.24. The third-order valence-corrected chi connectivity index (χ3v) is 4.70. The molecule has 1 aromatic rings. The van der Waals surface area contributed by atoms with E-state index in [0.29, 0.717) is 32.0 Å². The number of hydrogen-bond donors (Lipinski definition) is 1. The molecule has 2 saturated heterocycles. The van der Waals surface area contributed by atoms with Gasteiger partial charge in [0.1, 0.15) is 11.9 Å². The molecule has 3 rings (SSSR count). The number of nitrogens with zero attached hydrogens (tertiary/aromatic N) is 2. The van der Waals surface area contributed by atoms with Gasteiger partial charge >= 0.3 is 0 Å². The number of hydrogen-bond acceptors (Lipinski definition) is 4. The monoisotopic (exact) mass is 349 g/mol. The molecule has 2 aliphatic rings. The van der Waals surface area contributed by atoms with E-state index in [0.717, 1.165) is 25.9 Å². The molecule has 0 radical (unpaired) electrons. The van der Waals surface area contributed by atoms with Crippen LogP contribution in [-0.2, 0) is 9.53 Å². The summed E-state index contributed by atoms with van der Waals surface area (Å²) >= 11 is 0. The number of ether oxygens (including phenoxy) is 1. The first kappa shape index (κ1) is 17.7. The first-order valence-corrected chi connectivity index (χ1v) is 8.78. The lowest BCUT2D eigenvalue weighted by atomic mass is 10.1. The molecule has 6 nitrogen and oxygen atoms in total. The molecule has 0 saturated carbocycles. The van der Waals surface area contributed by atoms with Crippen LogP contribution in [0.2, 0.25) is 0 Å². The minimum Gasteiger partial charge on any atom is -0.378 e. The fourth-order valence-electron chi connectivity index (χ4n) is 3.26. The maximum atomic E-state index is 14.3. The van der Waals surface area contributed by atoms with Gasteiger partial charge in [0.15, 0.2) is 0 Å². The average Bonchev–Trinajstić information content (AvgIpc) is 3.16. The Hall–Kier alpha value is -2.15. The molecule has 2 fully saturated rings. The highest BCUT2D eigenvalue weighted by molar-refractivity contribution is 5.97. The molecular formula is C18H24FN3O3. The van der Waals surface area contributed by atoms with E-state index in [1.807, 2.05) is 4.90 Å². The van der Waals surface area contributed by atoms with Crippen LogP contribution >= 0.6 is 0 Å². The van der Waals surface area contributed by atoms with Crippen LogP contribution in [-0.4, -0.2) is 62.1 Å². The zero-order valence-corrected chi connectivity index (χ0v) is 14.5. The lowest BCUT2D eigenvalue weighted by molar-refractivity contribution is -0.136. The van der Waals surface area contributed by atoms with Gasteiger partial charge in [-0.2, -0.15) is 0 Å². The smallest absolute Gasteiger partial charge is 0.252 e. The molecule has 25 heavy (non-hydrogen) atoms. The minimum absolute atomic E-state index is 0.147. The summed E-state index contributed by atoms with van der Waals surface area (Å²) in [5, 5.41) is 2.66. The molecule has 2 aliphatic heterocycles. The summed E-state index contributed by atoms with van der Waals surface area (Å²) in [6.45, 7) is 5.40. The molecule has 1 N–H and O–H groups in total. The fraction of sp³-hybridized carbons (Fsp3) is 0.556. The Balaban J connectivity index is 1.62. The molecule has 0 unspecified atom stereocenters. The number of halogens is 1. The van der Waals surface area contributed by atoms with Crippen molar-refractivity contribution in [1.29, 1.82) is 0 Å². The molecule has 0 bridgehead atoms. The van der Waals surface area contributed by atoms with Crippen LogP contribution < -0.4 is 10.2 Å². The molecule has 7 heteroatoms. The highest BCUT2D eigenvalue weighted by Crippen LogP contribution is 2.24. The van der Waals surface area contributed by atoms with Gasteiger partial charge in [0.2, 0.25) is 5.91 Å². The molecule has 1 atom stereocenters. The first-order valence-electron chi connectivity index (χ1n) is 8.78. The molecule has 1 aromatic carbocycles.